The number of rotatable bonds is 5. The fourth-order valence-corrected chi connectivity index (χ4v) is 1.61. The fourth-order valence-electron chi connectivity index (χ4n) is 1.61. The van der Waals surface area contributed by atoms with Gasteiger partial charge < -0.3 is 10.1 Å². The van der Waals surface area contributed by atoms with Crippen LogP contribution in [0.5, 0.6) is 5.75 Å². The monoisotopic (exact) mass is 295 g/mol. The van der Waals surface area contributed by atoms with Crippen LogP contribution in [-0.2, 0) is 11.3 Å². The van der Waals surface area contributed by atoms with Gasteiger partial charge in [0.05, 0.1) is 0 Å². The zero-order valence-electron chi connectivity index (χ0n) is 10.9. The molecule has 0 heterocycles. The van der Waals surface area contributed by atoms with Crippen molar-refractivity contribution < 1.29 is 22.7 Å². The summed E-state index contributed by atoms with van der Waals surface area (Å²) < 4.78 is 43.9. The Kier molecular flexibility index (Phi) is 4.81. The van der Waals surface area contributed by atoms with Gasteiger partial charge in [0.25, 0.3) is 5.91 Å². The molecule has 2 rings (SSSR count). The minimum absolute atomic E-state index is 0.0245. The molecule has 0 radical (unpaired) electrons. The molecule has 1 amide bonds. The number of benzene rings is 2. The molecule has 0 aliphatic rings. The molecule has 0 aromatic heterocycles. The predicted octanol–water partition coefficient (Wildman–Crippen LogP) is 2.80. The maximum absolute atomic E-state index is 13.2. The second kappa shape index (κ2) is 6.78. The molecule has 110 valence electrons. The predicted molar refractivity (Wildman–Crippen MR) is 70.1 cm³/mol. The highest BCUT2D eigenvalue weighted by atomic mass is 19.2. The van der Waals surface area contributed by atoms with Crippen LogP contribution in [0.25, 0.3) is 0 Å². The second-order valence-electron chi connectivity index (χ2n) is 4.24. The maximum Gasteiger partial charge on any atom is 0.258 e. The molecule has 0 fully saturated rings. The van der Waals surface area contributed by atoms with Crippen LogP contribution in [0.4, 0.5) is 13.2 Å². The highest BCUT2D eigenvalue weighted by Crippen LogP contribution is 2.15. The van der Waals surface area contributed by atoms with Crippen LogP contribution in [0.3, 0.4) is 0 Å². The number of nitrogens with one attached hydrogen (secondary N) is 1. The van der Waals surface area contributed by atoms with Crippen molar-refractivity contribution in [2.45, 2.75) is 6.54 Å². The molecular weight excluding hydrogens is 283 g/mol. The first kappa shape index (κ1) is 14.9. The molecule has 0 spiro atoms. The number of hydrogen-bond acceptors (Lipinski definition) is 2. The summed E-state index contributed by atoms with van der Waals surface area (Å²) in [6.45, 7) is -0.346. The SMILES string of the molecule is O=C(COc1ccccc1F)NCc1ccc(F)c(F)c1. The Labute approximate surface area is 119 Å². The molecule has 2 aromatic rings. The number of hydrogen-bond donors (Lipinski definition) is 1. The number of halogens is 3. The molecule has 0 saturated carbocycles. The van der Waals surface area contributed by atoms with Crippen LogP contribution < -0.4 is 10.1 Å². The van der Waals surface area contributed by atoms with Crippen LogP contribution in [-0.4, -0.2) is 12.5 Å². The molecule has 0 unspecified atom stereocenters. The van der Waals surface area contributed by atoms with Crippen LogP contribution >= 0.6 is 0 Å². The number of carbonyl (C=O) groups is 1. The molecule has 2 aromatic carbocycles. The van der Waals surface area contributed by atoms with Crippen LogP contribution in [0.2, 0.25) is 0 Å². The van der Waals surface area contributed by atoms with Gasteiger partial charge in [-0.25, -0.2) is 13.2 Å². The molecular formula is C15H12F3NO2. The maximum atomic E-state index is 13.2. The molecule has 0 aliphatic heterocycles. The van der Waals surface area contributed by atoms with Crippen molar-refractivity contribution in [3.05, 3.63) is 65.5 Å². The third-order valence-electron chi connectivity index (χ3n) is 2.67. The Hall–Kier alpha value is -2.50. The topological polar surface area (TPSA) is 38.3 Å². The standard InChI is InChI=1S/C15H12F3NO2/c16-11-6-5-10(7-13(11)18)8-19-15(20)9-21-14-4-2-1-3-12(14)17/h1-7H,8-9H2,(H,19,20). The summed E-state index contributed by atoms with van der Waals surface area (Å²) in [5.74, 6) is -3.02. The lowest BCUT2D eigenvalue weighted by Crippen LogP contribution is -2.28. The van der Waals surface area contributed by atoms with E-state index in [-0.39, 0.29) is 18.9 Å². The van der Waals surface area contributed by atoms with Crippen LogP contribution in [0.15, 0.2) is 42.5 Å². The smallest absolute Gasteiger partial charge is 0.258 e. The lowest BCUT2D eigenvalue weighted by molar-refractivity contribution is -0.123. The van der Waals surface area contributed by atoms with E-state index in [0.717, 1.165) is 12.1 Å². The van der Waals surface area contributed by atoms with Gasteiger partial charge in [0, 0.05) is 6.54 Å². The van der Waals surface area contributed by atoms with Crippen LogP contribution in [0.1, 0.15) is 5.56 Å². The summed E-state index contributed by atoms with van der Waals surface area (Å²) in [6.07, 6.45) is 0. The van der Waals surface area contributed by atoms with Gasteiger partial charge in [-0.05, 0) is 29.8 Å². The number of amides is 1. The van der Waals surface area contributed by atoms with E-state index >= 15 is 0 Å². The molecule has 21 heavy (non-hydrogen) atoms. The molecule has 0 saturated heterocycles. The Balaban J connectivity index is 1.82. The third-order valence-corrected chi connectivity index (χ3v) is 2.67. The Morgan fingerprint density at radius 2 is 1.76 bits per heavy atom. The number of ether oxygens (including phenoxy) is 1. The Bertz CT molecular complexity index is 647. The highest BCUT2D eigenvalue weighted by molar-refractivity contribution is 5.77. The summed E-state index contributed by atoms with van der Waals surface area (Å²) in [7, 11) is 0. The first-order chi connectivity index (χ1) is 10.1. The van der Waals surface area contributed by atoms with Crippen molar-refractivity contribution in [2.75, 3.05) is 6.61 Å². The van der Waals surface area contributed by atoms with Gasteiger partial charge in [-0.15, -0.1) is 0 Å². The highest BCUT2D eigenvalue weighted by Gasteiger charge is 2.07. The number of carbonyl (C=O) groups excluding carboxylic acids is 1. The van der Waals surface area contributed by atoms with E-state index in [9.17, 15) is 18.0 Å². The van der Waals surface area contributed by atoms with Gasteiger partial charge in [0.2, 0.25) is 0 Å². The minimum Gasteiger partial charge on any atom is -0.481 e. The second-order valence-corrected chi connectivity index (χ2v) is 4.24. The molecule has 1 N–H and O–H groups in total. The van der Waals surface area contributed by atoms with E-state index in [1.807, 2.05) is 0 Å². The van der Waals surface area contributed by atoms with Gasteiger partial charge in [-0.2, -0.15) is 0 Å². The minimum atomic E-state index is -0.982. The lowest BCUT2D eigenvalue weighted by atomic mass is 10.2. The summed E-state index contributed by atoms with van der Waals surface area (Å²) in [4.78, 5) is 11.5. The Morgan fingerprint density at radius 3 is 2.48 bits per heavy atom. The van der Waals surface area contributed by atoms with Crippen molar-refractivity contribution in [1.82, 2.24) is 5.32 Å². The number of para-hydroxylation sites is 1. The van der Waals surface area contributed by atoms with Gasteiger partial charge in [-0.3, -0.25) is 4.79 Å². The zero-order chi connectivity index (χ0) is 15.2. The molecule has 0 atom stereocenters. The van der Waals surface area contributed by atoms with E-state index in [1.165, 1.54) is 24.3 Å². The lowest BCUT2D eigenvalue weighted by Gasteiger charge is -2.08. The van der Waals surface area contributed by atoms with E-state index in [4.69, 9.17) is 4.74 Å². The molecule has 3 nitrogen and oxygen atoms in total. The summed E-state index contributed by atoms with van der Waals surface area (Å²) in [5, 5.41) is 2.46. The molecule has 6 heteroatoms. The summed E-state index contributed by atoms with van der Waals surface area (Å²) >= 11 is 0. The Morgan fingerprint density at radius 1 is 1.00 bits per heavy atom. The molecule has 0 aliphatic carbocycles. The van der Waals surface area contributed by atoms with Gasteiger partial charge in [0.15, 0.2) is 29.8 Å². The van der Waals surface area contributed by atoms with E-state index < -0.39 is 23.4 Å². The molecule has 0 bridgehead atoms. The summed E-state index contributed by atoms with van der Waals surface area (Å²) in [5.41, 5.74) is 0.410. The first-order valence-corrected chi connectivity index (χ1v) is 6.14. The first-order valence-electron chi connectivity index (χ1n) is 6.14. The van der Waals surface area contributed by atoms with Crippen molar-refractivity contribution in [1.29, 1.82) is 0 Å². The largest absolute Gasteiger partial charge is 0.481 e. The zero-order valence-corrected chi connectivity index (χ0v) is 10.9. The fraction of sp³-hybridized carbons (Fsp3) is 0.133. The van der Waals surface area contributed by atoms with Gasteiger partial charge in [-0.1, -0.05) is 18.2 Å². The van der Waals surface area contributed by atoms with Crippen molar-refractivity contribution in [3.63, 3.8) is 0 Å². The average Bonchev–Trinajstić information content (AvgIpc) is 2.47. The normalized spacial score (nSPS) is 10.2. The van der Waals surface area contributed by atoms with Gasteiger partial charge in [0.1, 0.15) is 0 Å². The quantitative estimate of drug-likeness (QED) is 0.921. The van der Waals surface area contributed by atoms with E-state index in [2.05, 4.69) is 5.32 Å². The van der Waals surface area contributed by atoms with Crippen molar-refractivity contribution >= 4 is 5.91 Å². The van der Waals surface area contributed by atoms with E-state index in [0.29, 0.717) is 5.56 Å². The van der Waals surface area contributed by atoms with Crippen molar-refractivity contribution in [2.24, 2.45) is 0 Å². The van der Waals surface area contributed by atoms with Gasteiger partial charge >= 0.3 is 0 Å². The van der Waals surface area contributed by atoms with E-state index in [1.54, 1.807) is 6.07 Å². The third kappa shape index (κ3) is 4.24. The average molecular weight is 295 g/mol. The van der Waals surface area contributed by atoms with Crippen LogP contribution in [0, 0.1) is 17.5 Å². The van der Waals surface area contributed by atoms with Crippen molar-refractivity contribution in [3.8, 4) is 5.75 Å². The summed E-state index contributed by atoms with van der Waals surface area (Å²) in [6, 6.07) is 9.03.